The summed E-state index contributed by atoms with van der Waals surface area (Å²) in [6.45, 7) is 1.70. The number of benzene rings is 1. The lowest BCUT2D eigenvalue weighted by atomic mass is 9.96. The quantitative estimate of drug-likeness (QED) is 0.844. The highest BCUT2D eigenvalue weighted by Crippen LogP contribution is 2.40. The van der Waals surface area contributed by atoms with Gasteiger partial charge in [0.1, 0.15) is 11.9 Å². The maximum absolute atomic E-state index is 14.5. The minimum atomic E-state index is -0.445. The van der Waals surface area contributed by atoms with Crippen LogP contribution in [-0.4, -0.2) is 12.1 Å². The Balaban J connectivity index is 2.84. The third-order valence-electron chi connectivity index (χ3n) is 2.87. The molecule has 0 aliphatic rings. The van der Waals surface area contributed by atoms with Crippen molar-refractivity contribution in [3.05, 3.63) is 45.9 Å². The molecule has 1 aromatic heterocycles. The van der Waals surface area contributed by atoms with Crippen LogP contribution in [0, 0.1) is 24.1 Å². The first kappa shape index (κ1) is 13.5. The smallest absolute Gasteiger partial charge is 0.154 e. The molecule has 96 valence electrons. The van der Waals surface area contributed by atoms with Gasteiger partial charge in [-0.1, -0.05) is 0 Å². The minimum absolute atomic E-state index is 0.156. The zero-order valence-electron chi connectivity index (χ0n) is 10.4. The number of aromatic nitrogens is 1. The average molecular weight is 321 g/mol. The van der Waals surface area contributed by atoms with Crippen LogP contribution in [0.2, 0.25) is 0 Å². The predicted molar refractivity (Wildman–Crippen MR) is 73.3 cm³/mol. The molecule has 0 saturated carbocycles. The van der Waals surface area contributed by atoms with Crippen LogP contribution in [-0.2, 0) is 0 Å². The summed E-state index contributed by atoms with van der Waals surface area (Å²) in [5.41, 5.74) is 1.92. The van der Waals surface area contributed by atoms with Crippen molar-refractivity contribution in [2.75, 3.05) is 7.11 Å². The van der Waals surface area contributed by atoms with E-state index in [0.717, 1.165) is 0 Å². The van der Waals surface area contributed by atoms with E-state index in [1.54, 1.807) is 31.5 Å². The topological polar surface area (TPSA) is 45.9 Å². The van der Waals surface area contributed by atoms with Gasteiger partial charge in [0.25, 0.3) is 0 Å². The normalized spacial score (nSPS) is 10.1. The number of nitrogens with zero attached hydrogens (tertiary/aromatic N) is 2. The van der Waals surface area contributed by atoms with E-state index >= 15 is 0 Å². The van der Waals surface area contributed by atoms with Gasteiger partial charge in [-0.25, -0.2) is 4.39 Å². The van der Waals surface area contributed by atoms with E-state index in [0.29, 0.717) is 22.3 Å². The summed E-state index contributed by atoms with van der Waals surface area (Å²) in [5, 5.41) is 9.23. The number of pyridine rings is 1. The summed E-state index contributed by atoms with van der Waals surface area (Å²) in [4.78, 5) is 3.91. The molecule has 5 heteroatoms. The van der Waals surface area contributed by atoms with E-state index in [1.807, 2.05) is 0 Å². The molecule has 0 aliphatic carbocycles. The summed E-state index contributed by atoms with van der Waals surface area (Å²) in [6.07, 6.45) is 3.16. The Kier molecular flexibility index (Phi) is 3.82. The molecule has 3 nitrogen and oxygen atoms in total. The maximum atomic E-state index is 14.5. The lowest BCUT2D eigenvalue weighted by Gasteiger charge is -2.15. The van der Waals surface area contributed by atoms with Crippen molar-refractivity contribution in [3.8, 4) is 22.9 Å². The largest absolute Gasteiger partial charge is 0.494 e. The standard InChI is InChI=1S/C14H10BrFN2O/c1-8-10(7-17)14(19-2)12(15)13(16)11(8)9-3-5-18-6-4-9/h3-6H,1-2H3. The van der Waals surface area contributed by atoms with Crippen molar-refractivity contribution >= 4 is 15.9 Å². The van der Waals surface area contributed by atoms with Crippen molar-refractivity contribution in [3.63, 3.8) is 0 Å². The Hall–Kier alpha value is -1.93. The Morgan fingerprint density at radius 2 is 2.00 bits per heavy atom. The number of ether oxygens (including phenoxy) is 1. The van der Waals surface area contributed by atoms with Crippen LogP contribution >= 0.6 is 15.9 Å². The minimum Gasteiger partial charge on any atom is -0.494 e. The molecule has 0 spiro atoms. The van der Waals surface area contributed by atoms with Gasteiger partial charge in [-0.15, -0.1) is 0 Å². The fourth-order valence-electron chi connectivity index (χ4n) is 1.97. The zero-order valence-corrected chi connectivity index (χ0v) is 12.0. The molecule has 0 N–H and O–H groups in total. The molecule has 0 atom stereocenters. The summed E-state index contributed by atoms with van der Waals surface area (Å²) < 4.78 is 19.7. The van der Waals surface area contributed by atoms with Crippen LogP contribution < -0.4 is 4.74 Å². The van der Waals surface area contributed by atoms with E-state index in [-0.39, 0.29) is 10.2 Å². The number of hydrogen-bond donors (Lipinski definition) is 0. The van der Waals surface area contributed by atoms with Crippen molar-refractivity contribution in [2.24, 2.45) is 0 Å². The molecule has 2 aromatic rings. The second-order valence-corrected chi connectivity index (χ2v) is 4.68. The number of nitriles is 1. The highest BCUT2D eigenvalue weighted by atomic mass is 79.9. The fourth-order valence-corrected chi connectivity index (χ4v) is 2.53. The van der Waals surface area contributed by atoms with Crippen LogP contribution in [0.1, 0.15) is 11.1 Å². The van der Waals surface area contributed by atoms with Crippen LogP contribution in [0.25, 0.3) is 11.1 Å². The van der Waals surface area contributed by atoms with Gasteiger partial charge >= 0.3 is 0 Å². The van der Waals surface area contributed by atoms with E-state index < -0.39 is 5.82 Å². The first-order chi connectivity index (χ1) is 9.11. The molecule has 2 rings (SSSR count). The Labute approximate surface area is 118 Å². The second kappa shape index (κ2) is 5.37. The van der Waals surface area contributed by atoms with E-state index in [4.69, 9.17) is 4.74 Å². The van der Waals surface area contributed by atoms with Gasteiger partial charge in [-0.05, 0) is 46.1 Å². The molecule has 0 fully saturated rings. The molecule has 1 heterocycles. The first-order valence-corrected chi connectivity index (χ1v) is 6.27. The van der Waals surface area contributed by atoms with Crippen LogP contribution in [0.15, 0.2) is 29.0 Å². The molecule has 0 bridgehead atoms. The van der Waals surface area contributed by atoms with E-state index in [2.05, 4.69) is 27.0 Å². The first-order valence-electron chi connectivity index (χ1n) is 5.47. The third-order valence-corrected chi connectivity index (χ3v) is 3.58. The van der Waals surface area contributed by atoms with Crippen LogP contribution in [0.3, 0.4) is 0 Å². The maximum Gasteiger partial charge on any atom is 0.154 e. The van der Waals surface area contributed by atoms with Crippen LogP contribution in [0.4, 0.5) is 4.39 Å². The SMILES string of the molecule is COc1c(Br)c(F)c(-c2ccncc2)c(C)c1C#N. The molecule has 19 heavy (non-hydrogen) atoms. The number of hydrogen-bond acceptors (Lipinski definition) is 3. The molecule has 0 saturated heterocycles. The summed E-state index contributed by atoms with van der Waals surface area (Å²) in [7, 11) is 1.41. The second-order valence-electron chi connectivity index (χ2n) is 3.88. The van der Waals surface area contributed by atoms with Crippen molar-refractivity contribution in [1.29, 1.82) is 5.26 Å². The van der Waals surface area contributed by atoms with Crippen molar-refractivity contribution in [2.45, 2.75) is 6.92 Å². The molecular formula is C14H10BrFN2O. The molecule has 0 radical (unpaired) electrons. The third kappa shape index (κ3) is 2.20. The predicted octanol–water partition coefficient (Wildman–Crippen LogP) is 3.84. The van der Waals surface area contributed by atoms with E-state index in [9.17, 15) is 9.65 Å². The summed E-state index contributed by atoms with van der Waals surface area (Å²) in [5.74, 6) is -0.227. The highest BCUT2D eigenvalue weighted by molar-refractivity contribution is 9.10. The monoisotopic (exact) mass is 320 g/mol. The van der Waals surface area contributed by atoms with Gasteiger partial charge in [0.15, 0.2) is 5.75 Å². The fraction of sp³-hybridized carbons (Fsp3) is 0.143. The Bertz CT molecular complexity index is 666. The Morgan fingerprint density at radius 1 is 1.37 bits per heavy atom. The van der Waals surface area contributed by atoms with Gasteiger partial charge in [0.2, 0.25) is 0 Å². The van der Waals surface area contributed by atoms with Gasteiger partial charge in [-0.3, -0.25) is 4.98 Å². The van der Waals surface area contributed by atoms with Gasteiger partial charge in [0.05, 0.1) is 17.1 Å². The van der Waals surface area contributed by atoms with Gasteiger partial charge in [-0.2, -0.15) is 5.26 Å². The molecule has 1 aromatic carbocycles. The van der Waals surface area contributed by atoms with Crippen LogP contribution in [0.5, 0.6) is 5.75 Å². The van der Waals surface area contributed by atoms with Crippen molar-refractivity contribution < 1.29 is 9.13 Å². The number of rotatable bonds is 2. The molecule has 0 unspecified atom stereocenters. The van der Waals surface area contributed by atoms with Crippen molar-refractivity contribution in [1.82, 2.24) is 4.98 Å². The molecule has 0 amide bonds. The zero-order chi connectivity index (χ0) is 14.0. The molecular weight excluding hydrogens is 311 g/mol. The lowest BCUT2D eigenvalue weighted by Crippen LogP contribution is -2.00. The van der Waals surface area contributed by atoms with Gasteiger partial charge < -0.3 is 4.74 Å². The highest BCUT2D eigenvalue weighted by Gasteiger charge is 2.22. The Morgan fingerprint density at radius 3 is 2.53 bits per heavy atom. The summed E-state index contributed by atoms with van der Waals surface area (Å²) in [6, 6.07) is 5.46. The lowest BCUT2D eigenvalue weighted by molar-refractivity contribution is 0.406. The molecule has 0 aliphatic heterocycles. The number of halogens is 2. The number of methoxy groups -OCH3 is 1. The van der Waals surface area contributed by atoms with E-state index in [1.165, 1.54) is 7.11 Å². The average Bonchev–Trinajstić information content (AvgIpc) is 2.44. The summed E-state index contributed by atoms with van der Waals surface area (Å²) >= 11 is 3.15. The van der Waals surface area contributed by atoms with Gasteiger partial charge in [0, 0.05) is 18.0 Å².